The molecule has 3 amide bonds. The molecule has 0 aromatic heterocycles. The molecule has 1 N–H and O–H groups in total. The lowest BCUT2D eigenvalue weighted by molar-refractivity contribution is -0.129. The highest BCUT2D eigenvalue weighted by Crippen LogP contribution is 2.24. The number of likely N-dealkylation sites (tertiary alicyclic amines) is 1. The first-order valence-corrected chi connectivity index (χ1v) is 8.64. The Morgan fingerprint density at radius 1 is 1.12 bits per heavy atom. The fraction of sp³-hybridized carbons (Fsp3) is 0.556. The van der Waals surface area contributed by atoms with Gasteiger partial charge in [-0.25, -0.2) is 4.79 Å². The van der Waals surface area contributed by atoms with Crippen LogP contribution in [0, 0.1) is 0 Å². The summed E-state index contributed by atoms with van der Waals surface area (Å²) in [5, 5.41) is 2.76. The second kappa shape index (κ2) is 7.66. The molecule has 0 aliphatic carbocycles. The molecule has 0 spiro atoms. The highest BCUT2D eigenvalue weighted by molar-refractivity contribution is 5.84. The number of nitrogens with one attached hydrogen (secondary N) is 1. The molecule has 6 nitrogen and oxygen atoms in total. The highest BCUT2D eigenvalue weighted by Gasteiger charge is 2.29. The minimum atomic E-state index is -0.196. The number of urea groups is 1. The van der Waals surface area contributed by atoms with Crippen molar-refractivity contribution in [2.75, 3.05) is 32.7 Å². The third kappa shape index (κ3) is 4.06. The standard InChI is InChI=1S/C18H25N3O3/c1-14-12-21(13-16(24-14)15-7-3-2-4-8-15)18(23)19-11-17(22)20-9-5-6-10-20/h2-4,7-8,14,16H,5-6,9-13H2,1H3,(H,19,23)/t14-,16-/m1/s1. The van der Waals surface area contributed by atoms with Crippen LogP contribution in [0.15, 0.2) is 30.3 Å². The smallest absolute Gasteiger partial charge is 0.318 e. The largest absolute Gasteiger partial charge is 0.367 e. The first kappa shape index (κ1) is 16.8. The van der Waals surface area contributed by atoms with Crippen LogP contribution >= 0.6 is 0 Å². The molecule has 24 heavy (non-hydrogen) atoms. The third-order valence-electron chi connectivity index (χ3n) is 4.57. The normalized spacial score (nSPS) is 24.0. The van der Waals surface area contributed by atoms with Crippen molar-refractivity contribution in [1.29, 1.82) is 0 Å². The molecule has 2 aliphatic rings. The Balaban J connectivity index is 1.54. The van der Waals surface area contributed by atoms with Gasteiger partial charge in [-0.3, -0.25) is 4.79 Å². The third-order valence-corrected chi connectivity index (χ3v) is 4.57. The van der Waals surface area contributed by atoms with Gasteiger partial charge in [0.25, 0.3) is 0 Å². The Kier molecular flexibility index (Phi) is 5.35. The monoisotopic (exact) mass is 331 g/mol. The summed E-state index contributed by atoms with van der Waals surface area (Å²) in [6, 6.07) is 9.72. The number of rotatable bonds is 3. The summed E-state index contributed by atoms with van der Waals surface area (Å²) in [6.07, 6.45) is 1.94. The number of ether oxygens (including phenoxy) is 1. The van der Waals surface area contributed by atoms with Crippen LogP contribution in [0.25, 0.3) is 0 Å². The highest BCUT2D eigenvalue weighted by atomic mass is 16.5. The molecule has 2 saturated heterocycles. The fourth-order valence-corrected chi connectivity index (χ4v) is 3.31. The molecule has 6 heteroatoms. The summed E-state index contributed by atoms with van der Waals surface area (Å²) in [5.74, 6) is 0.00164. The Hall–Kier alpha value is -2.08. The summed E-state index contributed by atoms with van der Waals surface area (Å²) in [6.45, 7) is 4.68. The van der Waals surface area contributed by atoms with Gasteiger partial charge in [0.2, 0.25) is 5.91 Å². The second-order valence-corrected chi connectivity index (χ2v) is 6.50. The van der Waals surface area contributed by atoms with E-state index < -0.39 is 0 Å². The zero-order valence-corrected chi connectivity index (χ0v) is 14.1. The number of nitrogens with zero attached hydrogens (tertiary/aromatic N) is 2. The molecule has 2 fully saturated rings. The maximum absolute atomic E-state index is 12.4. The molecule has 0 bridgehead atoms. The second-order valence-electron chi connectivity index (χ2n) is 6.50. The molecule has 1 aromatic rings. The van der Waals surface area contributed by atoms with Crippen LogP contribution in [0.2, 0.25) is 0 Å². The van der Waals surface area contributed by atoms with E-state index in [-0.39, 0.29) is 30.7 Å². The summed E-state index contributed by atoms with van der Waals surface area (Å²) >= 11 is 0. The molecule has 3 rings (SSSR count). The average Bonchev–Trinajstić information content (AvgIpc) is 3.14. The van der Waals surface area contributed by atoms with Gasteiger partial charge in [0.05, 0.1) is 19.2 Å². The van der Waals surface area contributed by atoms with Crippen molar-refractivity contribution in [1.82, 2.24) is 15.1 Å². The summed E-state index contributed by atoms with van der Waals surface area (Å²) in [7, 11) is 0. The maximum Gasteiger partial charge on any atom is 0.318 e. The predicted molar refractivity (Wildman–Crippen MR) is 90.5 cm³/mol. The van der Waals surface area contributed by atoms with Gasteiger partial charge < -0.3 is 19.9 Å². The number of hydrogen-bond donors (Lipinski definition) is 1. The van der Waals surface area contributed by atoms with Gasteiger partial charge in [-0.1, -0.05) is 30.3 Å². The Morgan fingerprint density at radius 3 is 2.54 bits per heavy atom. The molecule has 0 radical (unpaired) electrons. The van der Waals surface area contributed by atoms with Crippen molar-refractivity contribution in [2.24, 2.45) is 0 Å². The molecular weight excluding hydrogens is 306 g/mol. The van der Waals surface area contributed by atoms with E-state index in [0.717, 1.165) is 31.5 Å². The summed E-state index contributed by atoms with van der Waals surface area (Å²) in [4.78, 5) is 28.0. The van der Waals surface area contributed by atoms with Gasteiger partial charge in [-0.05, 0) is 25.3 Å². The molecule has 1 aromatic carbocycles. The van der Waals surface area contributed by atoms with E-state index in [2.05, 4.69) is 5.32 Å². The van der Waals surface area contributed by atoms with Crippen molar-refractivity contribution < 1.29 is 14.3 Å². The molecule has 2 atom stereocenters. The number of hydrogen-bond acceptors (Lipinski definition) is 3. The molecule has 0 unspecified atom stereocenters. The lowest BCUT2D eigenvalue weighted by atomic mass is 10.1. The SMILES string of the molecule is C[C@@H]1CN(C(=O)NCC(=O)N2CCCC2)C[C@H](c2ccccc2)O1. The average molecular weight is 331 g/mol. The number of morpholine rings is 1. The molecule has 130 valence electrons. The van der Waals surface area contributed by atoms with Gasteiger partial charge in [-0.15, -0.1) is 0 Å². The Morgan fingerprint density at radius 2 is 1.83 bits per heavy atom. The lowest BCUT2D eigenvalue weighted by Gasteiger charge is -2.37. The van der Waals surface area contributed by atoms with Crippen LogP contribution in [-0.4, -0.2) is 60.6 Å². The van der Waals surface area contributed by atoms with Crippen molar-refractivity contribution >= 4 is 11.9 Å². The number of benzene rings is 1. The van der Waals surface area contributed by atoms with Crippen molar-refractivity contribution in [3.05, 3.63) is 35.9 Å². The van der Waals surface area contributed by atoms with Crippen molar-refractivity contribution in [3.63, 3.8) is 0 Å². The van der Waals surface area contributed by atoms with E-state index >= 15 is 0 Å². The van der Waals surface area contributed by atoms with Crippen LogP contribution in [0.5, 0.6) is 0 Å². The molecule has 2 heterocycles. The van der Waals surface area contributed by atoms with E-state index in [9.17, 15) is 9.59 Å². The summed E-state index contributed by atoms with van der Waals surface area (Å²) < 4.78 is 5.96. The minimum Gasteiger partial charge on any atom is -0.367 e. The number of carbonyl (C=O) groups excluding carboxylic acids is 2. The van der Waals surface area contributed by atoms with Crippen molar-refractivity contribution in [2.45, 2.75) is 32.0 Å². The number of carbonyl (C=O) groups is 2. The van der Waals surface area contributed by atoms with E-state index in [1.807, 2.05) is 42.2 Å². The molecule has 2 aliphatic heterocycles. The van der Waals surface area contributed by atoms with E-state index in [4.69, 9.17) is 4.74 Å². The lowest BCUT2D eigenvalue weighted by Crippen LogP contribution is -2.51. The van der Waals surface area contributed by atoms with E-state index in [1.165, 1.54) is 0 Å². The zero-order valence-electron chi connectivity index (χ0n) is 14.1. The van der Waals surface area contributed by atoms with Gasteiger partial charge in [0.15, 0.2) is 0 Å². The fourth-order valence-electron chi connectivity index (χ4n) is 3.31. The minimum absolute atomic E-state index is 0.00164. The zero-order chi connectivity index (χ0) is 16.9. The predicted octanol–water partition coefficient (Wildman–Crippen LogP) is 1.78. The van der Waals surface area contributed by atoms with Crippen molar-refractivity contribution in [3.8, 4) is 0 Å². The van der Waals surface area contributed by atoms with Crippen LogP contribution < -0.4 is 5.32 Å². The van der Waals surface area contributed by atoms with Gasteiger partial charge in [-0.2, -0.15) is 0 Å². The van der Waals surface area contributed by atoms with Gasteiger partial charge in [0, 0.05) is 19.6 Å². The van der Waals surface area contributed by atoms with Gasteiger partial charge >= 0.3 is 6.03 Å². The topological polar surface area (TPSA) is 61.9 Å². The molecule has 0 saturated carbocycles. The quantitative estimate of drug-likeness (QED) is 0.918. The first-order chi connectivity index (χ1) is 11.6. The van der Waals surface area contributed by atoms with Crippen LogP contribution in [0.4, 0.5) is 4.79 Å². The maximum atomic E-state index is 12.4. The van der Waals surface area contributed by atoms with Crippen LogP contribution in [0.1, 0.15) is 31.4 Å². The Bertz CT molecular complexity index is 572. The van der Waals surface area contributed by atoms with Gasteiger partial charge in [0.1, 0.15) is 6.10 Å². The molecular formula is C18H25N3O3. The van der Waals surface area contributed by atoms with Crippen LogP contribution in [0.3, 0.4) is 0 Å². The first-order valence-electron chi connectivity index (χ1n) is 8.64. The summed E-state index contributed by atoms with van der Waals surface area (Å²) in [5.41, 5.74) is 1.06. The number of amides is 3. The Labute approximate surface area is 142 Å². The van der Waals surface area contributed by atoms with E-state index in [1.54, 1.807) is 4.90 Å². The van der Waals surface area contributed by atoms with Crippen LogP contribution in [-0.2, 0) is 9.53 Å². The van der Waals surface area contributed by atoms with E-state index in [0.29, 0.717) is 13.1 Å².